The summed E-state index contributed by atoms with van der Waals surface area (Å²) in [6.07, 6.45) is 5.18. The fourth-order valence-electron chi connectivity index (χ4n) is 5.82. The van der Waals surface area contributed by atoms with Gasteiger partial charge in [-0.05, 0) is 69.6 Å². The number of amides is 1. The summed E-state index contributed by atoms with van der Waals surface area (Å²) in [5.74, 6) is 1.21. The Morgan fingerprint density at radius 2 is 1.97 bits per heavy atom. The van der Waals surface area contributed by atoms with Gasteiger partial charge in [-0.25, -0.2) is 4.98 Å². The van der Waals surface area contributed by atoms with Crippen LogP contribution in [0.5, 0.6) is 5.75 Å². The molecule has 2 fully saturated rings. The highest BCUT2D eigenvalue weighted by molar-refractivity contribution is 5.82. The molecule has 198 valence electrons. The Hall–Kier alpha value is -3.13. The standard InChI is InChI=1S/C29H38N4O4/c1-19(2)37-25-8-4-3-7-24(25)26(29(35)36)33-17-22(18-33)28(34)32-15-13-20(16-32)9-11-23-12-10-21-6-5-14-30-27(21)31-23/h3-4,7-8,10,12,19-20,22,26H,5-6,9,11,13-18H2,1-2H3,(H,30,31)(H,35,36)/t20-,26-/m1/s1. The van der Waals surface area contributed by atoms with E-state index in [0.717, 1.165) is 63.3 Å². The number of rotatable bonds is 9. The molecule has 0 spiro atoms. The number of carbonyl (C=O) groups excluding carboxylic acids is 1. The van der Waals surface area contributed by atoms with Crippen LogP contribution >= 0.6 is 0 Å². The van der Waals surface area contributed by atoms with E-state index in [4.69, 9.17) is 9.72 Å². The summed E-state index contributed by atoms with van der Waals surface area (Å²) in [5, 5.41) is 13.4. The number of hydrogen-bond donors (Lipinski definition) is 2. The van der Waals surface area contributed by atoms with Crippen LogP contribution in [-0.2, 0) is 22.4 Å². The summed E-state index contributed by atoms with van der Waals surface area (Å²) < 4.78 is 5.87. The van der Waals surface area contributed by atoms with Crippen LogP contribution in [0.1, 0.15) is 56.0 Å². The number of aliphatic carboxylic acids is 1. The molecular weight excluding hydrogens is 468 g/mol. The van der Waals surface area contributed by atoms with Crippen molar-refractivity contribution < 1.29 is 19.4 Å². The van der Waals surface area contributed by atoms with E-state index in [0.29, 0.717) is 30.3 Å². The number of anilines is 1. The maximum Gasteiger partial charge on any atom is 0.325 e. The first kappa shape index (κ1) is 25.5. The number of likely N-dealkylation sites (tertiary alicyclic amines) is 2. The maximum atomic E-state index is 13.2. The van der Waals surface area contributed by atoms with Gasteiger partial charge in [0.15, 0.2) is 0 Å². The highest BCUT2D eigenvalue weighted by atomic mass is 16.5. The Morgan fingerprint density at radius 1 is 1.16 bits per heavy atom. The van der Waals surface area contributed by atoms with Crippen molar-refractivity contribution in [2.24, 2.45) is 11.8 Å². The van der Waals surface area contributed by atoms with E-state index in [-0.39, 0.29) is 17.9 Å². The van der Waals surface area contributed by atoms with Gasteiger partial charge in [-0.1, -0.05) is 24.3 Å². The Balaban J connectivity index is 1.13. The summed E-state index contributed by atoms with van der Waals surface area (Å²) in [7, 11) is 0. The first-order valence-corrected chi connectivity index (χ1v) is 13.6. The van der Waals surface area contributed by atoms with Gasteiger partial charge in [0.25, 0.3) is 0 Å². The van der Waals surface area contributed by atoms with Crippen molar-refractivity contribution in [1.82, 2.24) is 14.8 Å². The Bertz CT molecular complexity index is 1130. The number of fused-ring (bicyclic) bond motifs is 1. The second-order valence-electron chi connectivity index (χ2n) is 10.9. The summed E-state index contributed by atoms with van der Waals surface area (Å²) in [6.45, 7) is 7.33. The van der Waals surface area contributed by atoms with Crippen LogP contribution in [0, 0.1) is 11.8 Å². The average Bonchev–Trinajstić information content (AvgIpc) is 3.33. The lowest BCUT2D eigenvalue weighted by atomic mass is 9.92. The zero-order valence-corrected chi connectivity index (χ0v) is 21.9. The smallest absolute Gasteiger partial charge is 0.325 e. The fourth-order valence-corrected chi connectivity index (χ4v) is 5.82. The van der Waals surface area contributed by atoms with Crippen molar-refractivity contribution in [2.75, 3.05) is 38.0 Å². The van der Waals surface area contributed by atoms with Crippen LogP contribution in [0.2, 0.25) is 0 Å². The largest absolute Gasteiger partial charge is 0.491 e. The third-order valence-electron chi connectivity index (χ3n) is 7.79. The van der Waals surface area contributed by atoms with E-state index in [1.54, 1.807) is 0 Å². The minimum absolute atomic E-state index is 0.0517. The van der Waals surface area contributed by atoms with Gasteiger partial charge in [-0.3, -0.25) is 14.5 Å². The molecule has 2 aromatic rings. The quantitative estimate of drug-likeness (QED) is 0.535. The molecule has 0 aliphatic carbocycles. The molecule has 1 aromatic heterocycles. The SMILES string of the molecule is CC(C)Oc1ccccc1[C@H](C(=O)O)N1CC(C(=O)N2CC[C@@H](CCc3ccc4c(n3)NCCC4)C2)C1. The molecule has 2 N–H and O–H groups in total. The molecule has 4 heterocycles. The second kappa shape index (κ2) is 11.1. The van der Waals surface area contributed by atoms with Crippen molar-refractivity contribution in [3.8, 4) is 5.75 Å². The van der Waals surface area contributed by atoms with Crippen molar-refractivity contribution in [3.05, 3.63) is 53.2 Å². The molecule has 2 saturated heterocycles. The summed E-state index contributed by atoms with van der Waals surface area (Å²) in [6, 6.07) is 10.8. The summed E-state index contributed by atoms with van der Waals surface area (Å²) in [4.78, 5) is 34.1. The monoisotopic (exact) mass is 506 g/mol. The number of benzene rings is 1. The number of hydrogen-bond acceptors (Lipinski definition) is 6. The Labute approximate surface area is 219 Å². The third kappa shape index (κ3) is 5.74. The molecule has 0 bridgehead atoms. The van der Waals surface area contributed by atoms with Gasteiger partial charge in [0, 0.05) is 44.0 Å². The second-order valence-corrected chi connectivity index (χ2v) is 10.9. The van der Waals surface area contributed by atoms with Crippen molar-refractivity contribution in [1.29, 1.82) is 0 Å². The van der Waals surface area contributed by atoms with Crippen LogP contribution in [0.15, 0.2) is 36.4 Å². The average molecular weight is 507 g/mol. The number of nitrogens with zero attached hydrogens (tertiary/aromatic N) is 3. The summed E-state index contributed by atoms with van der Waals surface area (Å²) >= 11 is 0. The van der Waals surface area contributed by atoms with Gasteiger partial charge in [-0.2, -0.15) is 0 Å². The topological polar surface area (TPSA) is 95.0 Å². The molecule has 5 rings (SSSR count). The number of carbonyl (C=O) groups is 2. The number of nitrogens with one attached hydrogen (secondary N) is 1. The van der Waals surface area contributed by atoms with Crippen molar-refractivity contribution >= 4 is 17.7 Å². The molecule has 0 saturated carbocycles. The lowest BCUT2D eigenvalue weighted by Gasteiger charge is -2.43. The third-order valence-corrected chi connectivity index (χ3v) is 7.79. The minimum atomic E-state index is -0.919. The van der Waals surface area contributed by atoms with Crippen LogP contribution in [0.4, 0.5) is 5.82 Å². The molecule has 1 amide bonds. The van der Waals surface area contributed by atoms with Gasteiger partial charge >= 0.3 is 5.97 Å². The molecule has 8 nitrogen and oxygen atoms in total. The minimum Gasteiger partial charge on any atom is -0.491 e. The number of carboxylic acids is 1. The molecule has 8 heteroatoms. The van der Waals surface area contributed by atoms with Gasteiger partial charge < -0.3 is 20.1 Å². The van der Waals surface area contributed by atoms with Gasteiger partial charge in [0.1, 0.15) is 17.6 Å². The van der Waals surface area contributed by atoms with E-state index < -0.39 is 12.0 Å². The molecular formula is C29H38N4O4. The zero-order valence-electron chi connectivity index (χ0n) is 21.9. The van der Waals surface area contributed by atoms with Gasteiger partial charge in [0.2, 0.25) is 5.91 Å². The number of carboxylic acid groups (broad SMARTS) is 1. The van der Waals surface area contributed by atoms with Crippen LogP contribution in [-0.4, -0.2) is 70.6 Å². The van der Waals surface area contributed by atoms with E-state index in [9.17, 15) is 14.7 Å². The molecule has 37 heavy (non-hydrogen) atoms. The highest BCUT2D eigenvalue weighted by Gasteiger charge is 2.43. The lowest BCUT2D eigenvalue weighted by Crippen LogP contribution is -2.56. The number of pyridine rings is 1. The van der Waals surface area contributed by atoms with E-state index >= 15 is 0 Å². The molecule has 1 aromatic carbocycles. The summed E-state index contributed by atoms with van der Waals surface area (Å²) in [5.41, 5.74) is 3.07. The van der Waals surface area contributed by atoms with Gasteiger partial charge in [-0.15, -0.1) is 0 Å². The number of para-hydroxylation sites is 1. The molecule has 0 radical (unpaired) electrons. The molecule has 3 aliphatic rings. The van der Waals surface area contributed by atoms with Crippen molar-refractivity contribution in [2.45, 2.75) is 58.1 Å². The predicted molar refractivity (Wildman–Crippen MR) is 142 cm³/mol. The van der Waals surface area contributed by atoms with E-state index in [2.05, 4.69) is 17.4 Å². The molecule has 2 atom stereocenters. The lowest BCUT2D eigenvalue weighted by molar-refractivity contribution is -0.152. The zero-order chi connectivity index (χ0) is 25.9. The molecule has 3 aliphatic heterocycles. The Kier molecular flexibility index (Phi) is 7.65. The first-order valence-electron chi connectivity index (χ1n) is 13.6. The first-order chi connectivity index (χ1) is 17.9. The van der Waals surface area contributed by atoms with E-state index in [1.165, 1.54) is 5.56 Å². The number of aromatic nitrogens is 1. The van der Waals surface area contributed by atoms with E-state index in [1.807, 2.05) is 47.9 Å². The van der Waals surface area contributed by atoms with Gasteiger partial charge in [0.05, 0.1) is 12.0 Å². The molecule has 0 unspecified atom stereocenters. The number of aryl methyl sites for hydroxylation is 2. The maximum absolute atomic E-state index is 13.2. The predicted octanol–water partition coefficient (Wildman–Crippen LogP) is 3.77. The normalized spacial score (nSPS) is 20.7. The van der Waals surface area contributed by atoms with Crippen LogP contribution in [0.25, 0.3) is 0 Å². The number of ether oxygens (including phenoxy) is 1. The van der Waals surface area contributed by atoms with Crippen molar-refractivity contribution in [3.63, 3.8) is 0 Å². The Morgan fingerprint density at radius 3 is 2.76 bits per heavy atom. The van der Waals surface area contributed by atoms with Crippen LogP contribution in [0.3, 0.4) is 0 Å². The fraction of sp³-hybridized carbons (Fsp3) is 0.552. The highest BCUT2D eigenvalue weighted by Crippen LogP contribution is 2.36. The van der Waals surface area contributed by atoms with Crippen LogP contribution < -0.4 is 10.1 Å².